The van der Waals surface area contributed by atoms with Crippen molar-refractivity contribution in [1.82, 2.24) is 0 Å². The van der Waals surface area contributed by atoms with Gasteiger partial charge in [0.15, 0.2) is 0 Å². The molecule has 2 nitrogen and oxygen atoms in total. The van der Waals surface area contributed by atoms with Gasteiger partial charge in [0.2, 0.25) is 0 Å². The molecule has 2 heteroatoms. The van der Waals surface area contributed by atoms with Crippen molar-refractivity contribution in [3.63, 3.8) is 0 Å². The minimum Gasteiger partial charge on any atom is -0.384 e. The highest BCUT2D eigenvalue weighted by molar-refractivity contribution is 5.04. The Morgan fingerprint density at radius 1 is 1.64 bits per heavy atom. The molecule has 0 spiro atoms. The molecule has 0 aliphatic carbocycles. The third-order valence-corrected chi connectivity index (χ3v) is 1.67. The summed E-state index contributed by atoms with van der Waals surface area (Å²) in [4.78, 5) is 0. The van der Waals surface area contributed by atoms with Gasteiger partial charge in [-0.1, -0.05) is 25.5 Å². The number of nitrogens with two attached hydrogens (primary N) is 1. The van der Waals surface area contributed by atoms with Gasteiger partial charge in [-0.15, -0.1) is 0 Å². The van der Waals surface area contributed by atoms with Gasteiger partial charge < -0.3 is 10.5 Å². The van der Waals surface area contributed by atoms with E-state index in [9.17, 15) is 0 Å². The fraction of sp³-hybridized carbons (Fsp3) is 0.778. The molecular weight excluding hydrogens is 138 g/mol. The second kappa shape index (κ2) is 6.38. The highest BCUT2D eigenvalue weighted by Gasteiger charge is 1.97. The molecule has 0 aliphatic heterocycles. The summed E-state index contributed by atoms with van der Waals surface area (Å²) < 4.78 is 5.01. The fourth-order valence-electron chi connectivity index (χ4n) is 1.04. The molecule has 0 saturated heterocycles. The van der Waals surface area contributed by atoms with Crippen LogP contribution in [-0.2, 0) is 4.74 Å². The van der Waals surface area contributed by atoms with Crippen molar-refractivity contribution in [2.75, 3.05) is 20.3 Å². The van der Waals surface area contributed by atoms with Gasteiger partial charge in [0.25, 0.3) is 0 Å². The normalized spacial score (nSPS) is 15.1. The lowest BCUT2D eigenvalue weighted by Gasteiger charge is -2.07. The quantitative estimate of drug-likeness (QED) is 0.615. The molecule has 0 aromatic rings. The van der Waals surface area contributed by atoms with Crippen LogP contribution in [0.4, 0.5) is 0 Å². The van der Waals surface area contributed by atoms with E-state index in [0.29, 0.717) is 12.5 Å². The lowest BCUT2D eigenvalue weighted by Crippen LogP contribution is -2.06. The molecule has 0 heterocycles. The Bertz CT molecular complexity index is 115. The average molecular weight is 157 g/mol. The second-order valence-electron chi connectivity index (χ2n) is 2.82. The summed E-state index contributed by atoms with van der Waals surface area (Å²) in [5.41, 5.74) is 6.83. The van der Waals surface area contributed by atoms with Crippen LogP contribution >= 0.6 is 0 Å². The van der Waals surface area contributed by atoms with Gasteiger partial charge in [0, 0.05) is 13.7 Å². The Morgan fingerprint density at radius 3 is 2.64 bits per heavy atom. The Balaban J connectivity index is 3.81. The van der Waals surface area contributed by atoms with Gasteiger partial charge >= 0.3 is 0 Å². The van der Waals surface area contributed by atoms with E-state index in [-0.39, 0.29) is 0 Å². The zero-order valence-electron chi connectivity index (χ0n) is 7.76. The van der Waals surface area contributed by atoms with Crippen LogP contribution in [0.25, 0.3) is 0 Å². The summed E-state index contributed by atoms with van der Waals surface area (Å²) in [6, 6.07) is 0. The van der Waals surface area contributed by atoms with Crippen LogP contribution in [0.15, 0.2) is 11.6 Å². The molecule has 0 saturated carbocycles. The Morgan fingerprint density at radius 2 is 2.27 bits per heavy atom. The van der Waals surface area contributed by atoms with Gasteiger partial charge in [-0.2, -0.15) is 0 Å². The van der Waals surface area contributed by atoms with Crippen LogP contribution in [0.1, 0.15) is 20.3 Å². The first kappa shape index (κ1) is 10.7. The molecular formula is C9H19NO. The first-order chi connectivity index (χ1) is 5.24. The number of hydrogen-bond donors (Lipinski definition) is 1. The summed E-state index contributed by atoms with van der Waals surface area (Å²) in [6.07, 6.45) is 3.24. The van der Waals surface area contributed by atoms with Crippen LogP contribution in [-0.4, -0.2) is 20.3 Å². The Labute approximate surface area is 69.4 Å². The smallest absolute Gasteiger partial charge is 0.0522 e. The van der Waals surface area contributed by atoms with Crippen LogP contribution in [0.5, 0.6) is 0 Å². The van der Waals surface area contributed by atoms with E-state index in [1.807, 2.05) is 0 Å². The first-order valence-electron chi connectivity index (χ1n) is 4.13. The van der Waals surface area contributed by atoms with E-state index in [1.54, 1.807) is 7.11 Å². The van der Waals surface area contributed by atoms with Crippen LogP contribution in [0.3, 0.4) is 0 Å². The Kier molecular flexibility index (Phi) is 6.18. The zero-order valence-corrected chi connectivity index (χ0v) is 7.76. The van der Waals surface area contributed by atoms with Gasteiger partial charge in [0.1, 0.15) is 0 Å². The molecule has 1 atom stereocenters. The molecule has 2 N–H and O–H groups in total. The molecule has 66 valence electrons. The maximum atomic E-state index is 5.52. The molecule has 0 bridgehead atoms. The van der Waals surface area contributed by atoms with E-state index < -0.39 is 0 Å². The van der Waals surface area contributed by atoms with E-state index in [1.165, 1.54) is 5.57 Å². The third kappa shape index (κ3) is 4.99. The molecule has 0 rings (SSSR count). The SMILES string of the molecule is CCC(=CC(C)COC)CN. The Hall–Kier alpha value is -0.340. The van der Waals surface area contributed by atoms with Crippen molar-refractivity contribution < 1.29 is 4.74 Å². The lowest BCUT2D eigenvalue weighted by molar-refractivity contribution is 0.175. The maximum absolute atomic E-state index is 5.52. The molecule has 0 aromatic heterocycles. The standard InChI is InChI=1S/C9H19NO/c1-4-9(6-10)5-8(2)7-11-3/h5,8H,4,6-7,10H2,1-3H3. The predicted molar refractivity (Wildman–Crippen MR) is 48.5 cm³/mol. The van der Waals surface area contributed by atoms with E-state index in [4.69, 9.17) is 10.5 Å². The maximum Gasteiger partial charge on any atom is 0.0522 e. The van der Waals surface area contributed by atoms with E-state index in [0.717, 1.165) is 13.0 Å². The molecule has 0 fully saturated rings. The number of rotatable bonds is 5. The number of ether oxygens (including phenoxy) is 1. The third-order valence-electron chi connectivity index (χ3n) is 1.67. The van der Waals surface area contributed by atoms with E-state index in [2.05, 4.69) is 19.9 Å². The lowest BCUT2D eigenvalue weighted by atomic mass is 10.1. The van der Waals surface area contributed by atoms with Crippen molar-refractivity contribution in [1.29, 1.82) is 0 Å². The first-order valence-corrected chi connectivity index (χ1v) is 4.13. The summed E-state index contributed by atoms with van der Waals surface area (Å²) >= 11 is 0. The van der Waals surface area contributed by atoms with Crippen molar-refractivity contribution in [2.45, 2.75) is 20.3 Å². The van der Waals surface area contributed by atoms with Crippen LogP contribution in [0, 0.1) is 5.92 Å². The minimum absolute atomic E-state index is 0.485. The molecule has 0 amide bonds. The summed E-state index contributed by atoms with van der Waals surface area (Å²) in [7, 11) is 1.72. The van der Waals surface area contributed by atoms with Crippen molar-refractivity contribution in [3.8, 4) is 0 Å². The van der Waals surface area contributed by atoms with E-state index >= 15 is 0 Å². The fourth-order valence-corrected chi connectivity index (χ4v) is 1.04. The minimum atomic E-state index is 0.485. The largest absolute Gasteiger partial charge is 0.384 e. The molecule has 1 unspecified atom stereocenters. The van der Waals surface area contributed by atoms with Gasteiger partial charge in [-0.25, -0.2) is 0 Å². The van der Waals surface area contributed by atoms with Crippen LogP contribution in [0.2, 0.25) is 0 Å². The highest BCUT2D eigenvalue weighted by Crippen LogP contribution is 2.05. The van der Waals surface area contributed by atoms with Crippen molar-refractivity contribution >= 4 is 0 Å². The molecule has 0 aliphatic rings. The predicted octanol–water partition coefficient (Wildman–Crippen LogP) is 1.56. The number of hydrogen-bond acceptors (Lipinski definition) is 2. The van der Waals surface area contributed by atoms with Gasteiger partial charge in [-0.3, -0.25) is 0 Å². The summed E-state index contributed by atoms with van der Waals surface area (Å²) in [5.74, 6) is 0.485. The second-order valence-corrected chi connectivity index (χ2v) is 2.82. The van der Waals surface area contributed by atoms with Crippen molar-refractivity contribution in [3.05, 3.63) is 11.6 Å². The van der Waals surface area contributed by atoms with Crippen molar-refractivity contribution in [2.24, 2.45) is 11.7 Å². The monoisotopic (exact) mass is 157 g/mol. The number of methoxy groups -OCH3 is 1. The topological polar surface area (TPSA) is 35.2 Å². The molecule has 0 radical (unpaired) electrons. The highest BCUT2D eigenvalue weighted by atomic mass is 16.5. The molecule has 11 heavy (non-hydrogen) atoms. The summed E-state index contributed by atoms with van der Waals surface area (Å²) in [5, 5.41) is 0. The average Bonchev–Trinajstić information content (AvgIpc) is 2.01. The van der Waals surface area contributed by atoms with Gasteiger partial charge in [-0.05, 0) is 12.3 Å². The van der Waals surface area contributed by atoms with Crippen LogP contribution < -0.4 is 5.73 Å². The molecule has 0 aromatic carbocycles. The van der Waals surface area contributed by atoms with Gasteiger partial charge in [0.05, 0.1) is 6.61 Å². The zero-order chi connectivity index (χ0) is 8.69. The summed E-state index contributed by atoms with van der Waals surface area (Å²) in [6.45, 7) is 5.71.